The SMILES string of the molecule is CC(N)CCOc1ccnc2ccc(Br)cc12. The lowest BCUT2D eigenvalue weighted by molar-refractivity contribution is 0.304. The van der Waals surface area contributed by atoms with Crippen molar-refractivity contribution in [3.8, 4) is 5.75 Å². The first-order valence-electron chi connectivity index (χ1n) is 5.59. The van der Waals surface area contributed by atoms with Gasteiger partial charge in [-0.25, -0.2) is 0 Å². The molecule has 17 heavy (non-hydrogen) atoms. The van der Waals surface area contributed by atoms with E-state index in [-0.39, 0.29) is 6.04 Å². The van der Waals surface area contributed by atoms with Gasteiger partial charge < -0.3 is 10.5 Å². The van der Waals surface area contributed by atoms with E-state index in [0.29, 0.717) is 6.61 Å². The highest BCUT2D eigenvalue weighted by molar-refractivity contribution is 9.10. The van der Waals surface area contributed by atoms with Gasteiger partial charge in [0.15, 0.2) is 0 Å². The van der Waals surface area contributed by atoms with Crippen LogP contribution in [0.2, 0.25) is 0 Å². The van der Waals surface area contributed by atoms with Gasteiger partial charge in [0.25, 0.3) is 0 Å². The summed E-state index contributed by atoms with van der Waals surface area (Å²) in [6, 6.07) is 8.01. The monoisotopic (exact) mass is 294 g/mol. The molecule has 2 N–H and O–H groups in total. The summed E-state index contributed by atoms with van der Waals surface area (Å²) >= 11 is 3.45. The molecular weight excluding hydrogens is 280 g/mol. The molecule has 1 aromatic heterocycles. The molecule has 2 rings (SSSR count). The van der Waals surface area contributed by atoms with Gasteiger partial charge in [0.2, 0.25) is 0 Å². The predicted octanol–water partition coefficient (Wildman–Crippen LogP) is 3.11. The third-order valence-electron chi connectivity index (χ3n) is 2.49. The number of pyridine rings is 1. The Kier molecular flexibility index (Phi) is 3.97. The van der Waals surface area contributed by atoms with Crippen LogP contribution in [0.3, 0.4) is 0 Å². The van der Waals surface area contributed by atoms with Crippen molar-refractivity contribution in [1.29, 1.82) is 0 Å². The van der Waals surface area contributed by atoms with Gasteiger partial charge in [0.05, 0.1) is 12.1 Å². The van der Waals surface area contributed by atoms with Crippen LogP contribution in [0.1, 0.15) is 13.3 Å². The second kappa shape index (κ2) is 5.47. The molecule has 0 spiro atoms. The highest BCUT2D eigenvalue weighted by Crippen LogP contribution is 2.26. The summed E-state index contributed by atoms with van der Waals surface area (Å²) in [5, 5.41) is 1.02. The molecule has 0 aliphatic carbocycles. The van der Waals surface area contributed by atoms with Crippen LogP contribution in [-0.2, 0) is 0 Å². The summed E-state index contributed by atoms with van der Waals surface area (Å²) in [5.74, 6) is 0.858. The highest BCUT2D eigenvalue weighted by Gasteiger charge is 2.04. The van der Waals surface area contributed by atoms with Crippen molar-refractivity contribution in [1.82, 2.24) is 4.98 Å². The van der Waals surface area contributed by atoms with Crippen LogP contribution in [-0.4, -0.2) is 17.6 Å². The third kappa shape index (κ3) is 3.17. The summed E-state index contributed by atoms with van der Waals surface area (Å²) in [5.41, 5.74) is 6.63. The van der Waals surface area contributed by atoms with Crippen molar-refractivity contribution in [2.45, 2.75) is 19.4 Å². The Morgan fingerprint density at radius 3 is 3.00 bits per heavy atom. The normalized spacial score (nSPS) is 12.6. The Labute approximate surface area is 109 Å². The molecule has 0 saturated heterocycles. The van der Waals surface area contributed by atoms with Crippen molar-refractivity contribution in [2.24, 2.45) is 5.73 Å². The highest BCUT2D eigenvalue weighted by atomic mass is 79.9. The van der Waals surface area contributed by atoms with Gasteiger partial charge in [-0.3, -0.25) is 4.98 Å². The lowest BCUT2D eigenvalue weighted by atomic mass is 10.2. The molecule has 2 aromatic rings. The maximum absolute atomic E-state index is 5.74. The van der Waals surface area contributed by atoms with E-state index in [1.807, 2.05) is 31.2 Å². The number of benzene rings is 1. The molecule has 0 bridgehead atoms. The van der Waals surface area contributed by atoms with Crippen LogP contribution in [0.5, 0.6) is 5.75 Å². The number of fused-ring (bicyclic) bond motifs is 1. The summed E-state index contributed by atoms with van der Waals surface area (Å²) in [6.07, 6.45) is 2.61. The second-order valence-electron chi connectivity index (χ2n) is 4.08. The van der Waals surface area contributed by atoms with Gasteiger partial charge in [-0.2, -0.15) is 0 Å². The van der Waals surface area contributed by atoms with E-state index in [1.54, 1.807) is 6.20 Å². The minimum absolute atomic E-state index is 0.162. The fourth-order valence-electron chi connectivity index (χ4n) is 1.57. The van der Waals surface area contributed by atoms with Gasteiger partial charge in [0.1, 0.15) is 5.75 Å². The van der Waals surface area contributed by atoms with Crippen LogP contribution in [0.15, 0.2) is 34.9 Å². The Morgan fingerprint density at radius 2 is 2.24 bits per heavy atom. The van der Waals surface area contributed by atoms with Crippen LogP contribution in [0, 0.1) is 0 Å². The van der Waals surface area contributed by atoms with E-state index < -0.39 is 0 Å². The van der Waals surface area contributed by atoms with Crippen LogP contribution in [0.4, 0.5) is 0 Å². The largest absolute Gasteiger partial charge is 0.493 e. The lowest BCUT2D eigenvalue weighted by Crippen LogP contribution is -2.18. The van der Waals surface area contributed by atoms with Crippen LogP contribution < -0.4 is 10.5 Å². The second-order valence-corrected chi connectivity index (χ2v) is 5.00. The first-order valence-corrected chi connectivity index (χ1v) is 6.39. The summed E-state index contributed by atoms with van der Waals surface area (Å²) in [4.78, 5) is 4.30. The van der Waals surface area contributed by atoms with Crippen molar-refractivity contribution >= 4 is 26.8 Å². The molecule has 1 unspecified atom stereocenters. The average molecular weight is 295 g/mol. The standard InChI is InChI=1S/C13H15BrN2O/c1-9(15)5-7-17-13-4-6-16-12-3-2-10(14)8-11(12)13/h2-4,6,8-9H,5,7,15H2,1H3. The van der Waals surface area contributed by atoms with Gasteiger partial charge in [-0.15, -0.1) is 0 Å². The molecule has 3 nitrogen and oxygen atoms in total. The Morgan fingerprint density at radius 1 is 1.41 bits per heavy atom. The van der Waals surface area contributed by atoms with E-state index >= 15 is 0 Å². The predicted molar refractivity (Wildman–Crippen MR) is 73.2 cm³/mol. The number of hydrogen-bond donors (Lipinski definition) is 1. The lowest BCUT2D eigenvalue weighted by Gasteiger charge is -2.10. The van der Waals surface area contributed by atoms with Gasteiger partial charge >= 0.3 is 0 Å². The number of nitrogens with zero attached hydrogens (tertiary/aromatic N) is 1. The zero-order chi connectivity index (χ0) is 12.3. The number of ether oxygens (including phenoxy) is 1. The Bertz CT molecular complexity index is 514. The summed E-state index contributed by atoms with van der Waals surface area (Å²) < 4.78 is 6.77. The average Bonchev–Trinajstić information content (AvgIpc) is 2.29. The Hall–Kier alpha value is -1.13. The molecule has 1 heterocycles. The molecule has 4 heteroatoms. The molecule has 1 aromatic carbocycles. The molecule has 0 saturated carbocycles. The fraction of sp³-hybridized carbons (Fsp3) is 0.308. The van der Waals surface area contributed by atoms with E-state index in [2.05, 4.69) is 20.9 Å². The van der Waals surface area contributed by atoms with Gasteiger partial charge in [-0.05, 0) is 37.6 Å². The molecule has 0 fully saturated rings. The molecule has 0 aliphatic heterocycles. The fourth-order valence-corrected chi connectivity index (χ4v) is 1.93. The number of hydrogen-bond acceptors (Lipinski definition) is 3. The zero-order valence-electron chi connectivity index (χ0n) is 9.69. The Balaban J connectivity index is 2.24. The topological polar surface area (TPSA) is 48.1 Å². The first kappa shape index (κ1) is 12.3. The third-order valence-corrected chi connectivity index (χ3v) is 2.99. The molecule has 0 aliphatic rings. The van der Waals surface area contributed by atoms with Crippen molar-refractivity contribution in [3.63, 3.8) is 0 Å². The molecule has 0 radical (unpaired) electrons. The molecule has 90 valence electrons. The number of rotatable bonds is 4. The van der Waals surface area contributed by atoms with Crippen LogP contribution in [0.25, 0.3) is 10.9 Å². The van der Waals surface area contributed by atoms with Crippen molar-refractivity contribution in [3.05, 3.63) is 34.9 Å². The number of aromatic nitrogens is 1. The van der Waals surface area contributed by atoms with Gasteiger partial charge in [0, 0.05) is 22.1 Å². The summed E-state index contributed by atoms with van der Waals surface area (Å²) in [6.45, 7) is 2.61. The first-order chi connectivity index (χ1) is 8.16. The maximum atomic E-state index is 5.74. The summed E-state index contributed by atoms with van der Waals surface area (Å²) in [7, 11) is 0. The molecular formula is C13H15BrN2O. The van der Waals surface area contributed by atoms with Crippen LogP contribution >= 0.6 is 15.9 Å². The van der Waals surface area contributed by atoms with E-state index in [4.69, 9.17) is 10.5 Å². The minimum Gasteiger partial charge on any atom is -0.493 e. The minimum atomic E-state index is 0.162. The van der Waals surface area contributed by atoms with E-state index in [0.717, 1.165) is 27.5 Å². The maximum Gasteiger partial charge on any atom is 0.130 e. The van der Waals surface area contributed by atoms with E-state index in [9.17, 15) is 0 Å². The quantitative estimate of drug-likeness (QED) is 0.942. The zero-order valence-corrected chi connectivity index (χ0v) is 11.3. The molecule has 1 atom stereocenters. The number of halogens is 1. The van der Waals surface area contributed by atoms with E-state index in [1.165, 1.54) is 0 Å². The van der Waals surface area contributed by atoms with Crippen molar-refractivity contribution < 1.29 is 4.74 Å². The smallest absolute Gasteiger partial charge is 0.130 e. The van der Waals surface area contributed by atoms with Crippen molar-refractivity contribution in [2.75, 3.05) is 6.61 Å². The number of nitrogens with two attached hydrogens (primary N) is 1. The molecule has 0 amide bonds. The van der Waals surface area contributed by atoms with Gasteiger partial charge in [-0.1, -0.05) is 15.9 Å².